The molecule has 2 N–H and O–H groups in total. The van der Waals surface area contributed by atoms with Crippen LogP contribution >= 0.6 is 23.2 Å². The summed E-state index contributed by atoms with van der Waals surface area (Å²) < 4.78 is 0. The molecule has 0 aliphatic carbocycles. The van der Waals surface area contributed by atoms with Gasteiger partial charge in [0.15, 0.2) is 5.15 Å². The van der Waals surface area contributed by atoms with Gasteiger partial charge in [-0.25, -0.2) is 4.98 Å². The predicted octanol–water partition coefficient (Wildman–Crippen LogP) is 2.49. The summed E-state index contributed by atoms with van der Waals surface area (Å²) in [6.07, 6.45) is 0. The van der Waals surface area contributed by atoms with Gasteiger partial charge in [0.05, 0.1) is 11.6 Å². The van der Waals surface area contributed by atoms with Crippen LogP contribution in [0.25, 0.3) is 0 Å². The van der Waals surface area contributed by atoms with E-state index in [1.165, 1.54) is 0 Å². The maximum atomic E-state index is 12.1. The molecular weight excluding hydrogens is 273 g/mol. The van der Waals surface area contributed by atoms with E-state index in [2.05, 4.69) is 22.5 Å². The van der Waals surface area contributed by atoms with Gasteiger partial charge < -0.3 is 10.6 Å². The Labute approximate surface area is 116 Å². The number of amides is 1. The first-order valence-electron chi connectivity index (χ1n) is 5.83. The average molecular weight is 288 g/mol. The van der Waals surface area contributed by atoms with E-state index in [9.17, 15) is 4.79 Å². The highest BCUT2D eigenvalue weighted by Gasteiger charge is 2.30. The lowest BCUT2D eigenvalue weighted by atomic mass is 9.97. The Bertz CT molecular complexity index is 455. The van der Waals surface area contributed by atoms with E-state index in [0.29, 0.717) is 23.3 Å². The number of nitrogens with one attached hydrogen (secondary N) is 2. The summed E-state index contributed by atoms with van der Waals surface area (Å²) in [5, 5.41) is 6.60. The van der Waals surface area contributed by atoms with Gasteiger partial charge in [-0.1, -0.05) is 30.1 Å². The van der Waals surface area contributed by atoms with Crippen molar-refractivity contribution in [2.45, 2.75) is 13.8 Å². The van der Waals surface area contributed by atoms with Crippen LogP contribution in [0.5, 0.6) is 0 Å². The number of nitrogens with zero attached hydrogens (tertiary/aromatic N) is 1. The Morgan fingerprint density at radius 2 is 2.22 bits per heavy atom. The van der Waals surface area contributed by atoms with Crippen molar-refractivity contribution in [3.63, 3.8) is 0 Å². The quantitative estimate of drug-likeness (QED) is 0.822. The average Bonchev–Trinajstić information content (AvgIpc) is 2.69. The minimum Gasteiger partial charge on any atom is -0.323 e. The number of aromatic nitrogens is 1. The fraction of sp³-hybridized carbons (Fsp3) is 0.500. The van der Waals surface area contributed by atoms with Crippen LogP contribution in [-0.2, 0) is 4.79 Å². The molecule has 0 radical (unpaired) electrons. The zero-order valence-corrected chi connectivity index (χ0v) is 11.8. The number of halogens is 2. The lowest BCUT2D eigenvalue weighted by molar-refractivity contribution is -0.120. The van der Waals surface area contributed by atoms with Gasteiger partial charge in [0, 0.05) is 6.54 Å². The highest BCUT2D eigenvalue weighted by molar-refractivity contribution is 6.34. The molecule has 0 spiro atoms. The first kappa shape index (κ1) is 13.6. The molecule has 1 aromatic rings. The minimum absolute atomic E-state index is 0.0263. The Kier molecular flexibility index (Phi) is 4.10. The molecule has 0 saturated carbocycles. The third-order valence-corrected chi connectivity index (χ3v) is 3.71. The molecule has 1 aliphatic rings. The predicted molar refractivity (Wildman–Crippen MR) is 73.1 cm³/mol. The van der Waals surface area contributed by atoms with Crippen LogP contribution in [0.15, 0.2) is 6.07 Å². The summed E-state index contributed by atoms with van der Waals surface area (Å²) in [6, 6.07) is 1.68. The molecular formula is C12H15Cl2N3O. The van der Waals surface area contributed by atoms with Crippen molar-refractivity contribution < 1.29 is 4.79 Å². The fourth-order valence-corrected chi connectivity index (χ4v) is 2.70. The van der Waals surface area contributed by atoms with Gasteiger partial charge in [-0.05, 0) is 31.0 Å². The Morgan fingerprint density at radius 1 is 1.50 bits per heavy atom. The van der Waals surface area contributed by atoms with Crippen LogP contribution in [0.1, 0.15) is 12.5 Å². The lowest BCUT2D eigenvalue weighted by Gasteiger charge is -2.16. The second-order valence-electron chi connectivity index (χ2n) is 4.66. The van der Waals surface area contributed by atoms with Crippen molar-refractivity contribution in [3.8, 4) is 0 Å². The molecule has 6 heteroatoms. The second-order valence-corrected chi connectivity index (χ2v) is 5.40. The van der Waals surface area contributed by atoms with E-state index < -0.39 is 0 Å². The number of carbonyl (C=O) groups is 1. The summed E-state index contributed by atoms with van der Waals surface area (Å²) in [6.45, 7) is 5.46. The molecule has 2 atom stereocenters. The highest BCUT2D eigenvalue weighted by atomic mass is 35.5. The van der Waals surface area contributed by atoms with E-state index in [4.69, 9.17) is 23.2 Å². The molecule has 1 aliphatic heterocycles. The number of hydrogen-bond acceptors (Lipinski definition) is 3. The van der Waals surface area contributed by atoms with Crippen molar-refractivity contribution in [3.05, 3.63) is 21.9 Å². The SMILES string of the molecule is Cc1cc(Cl)nc(Cl)c1NC(=O)[C@@H]1CNC[C@H]1C. The first-order chi connectivity index (χ1) is 8.49. The Morgan fingerprint density at radius 3 is 2.78 bits per heavy atom. The molecule has 2 rings (SSSR count). The molecule has 0 bridgehead atoms. The van der Waals surface area contributed by atoms with Crippen molar-refractivity contribution in [2.75, 3.05) is 18.4 Å². The normalized spacial score (nSPS) is 23.1. The standard InChI is InChI=1S/C12H15Cl2N3O/c1-6-3-9(13)16-11(14)10(6)17-12(18)8-5-15-4-7(8)2/h3,7-8,15H,4-5H2,1-2H3,(H,17,18)/t7-,8-/m1/s1. The van der Waals surface area contributed by atoms with Gasteiger partial charge in [0.2, 0.25) is 5.91 Å². The Balaban J connectivity index is 2.17. The van der Waals surface area contributed by atoms with Crippen LogP contribution in [-0.4, -0.2) is 24.0 Å². The molecule has 2 heterocycles. The van der Waals surface area contributed by atoms with Crippen molar-refractivity contribution in [1.82, 2.24) is 10.3 Å². The fourth-order valence-electron chi connectivity index (χ4n) is 2.12. The molecule has 1 fully saturated rings. The maximum absolute atomic E-state index is 12.1. The van der Waals surface area contributed by atoms with Gasteiger partial charge in [-0.2, -0.15) is 0 Å². The zero-order valence-electron chi connectivity index (χ0n) is 10.3. The molecule has 4 nitrogen and oxygen atoms in total. The van der Waals surface area contributed by atoms with Crippen LogP contribution in [0.3, 0.4) is 0 Å². The minimum atomic E-state index is -0.0313. The van der Waals surface area contributed by atoms with E-state index in [0.717, 1.165) is 12.1 Å². The molecule has 0 aromatic carbocycles. The summed E-state index contributed by atoms with van der Waals surface area (Å²) in [5.41, 5.74) is 1.36. The molecule has 98 valence electrons. The third-order valence-electron chi connectivity index (χ3n) is 3.24. The van der Waals surface area contributed by atoms with Gasteiger partial charge in [0.25, 0.3) is 0 Å². The summed E-state index contributed by atoms with van der Waals surface area (Å²) in [7, 11) is 0. The largest absolute Gasteiger partial charge is 0.323 e. The molecule has 1 saturated heterocycles. The Hall–Kier alpha value is -0.840. The van der Waals surface area contributed by atoms with Gasteiger partial charge in [-0.15, -0.1) is 0 Å². The topological polar surface area (TPSA) is 54.0 Å². The van der Waals surface area contributed by atoms with E-state index in [-0.39, 0.29) is 17.0 Å². The van der Waals surface area contributed by atoms with Crippen LogP contribution < -0.4 is 10.6 Å². The van der Waals surface area contributed by atoms with E-state index >= 15 is 0 Å². The van der Waals surface area contributed by atoms with Crippen molar-refractivity contribution >= 4 is 34.8 Å². The zero-order chi connectivity index (χ0) is 13.3. The maximum Gasteiger partial charge on any atom is 0.229 e. The first-order valence-corrected chi connectivity index (χ1v) is 6.59. The summed E-state index contributed by atoms with van der Waals surface area (Å²) in [5.74, 6) is 0.266. The summed E-state index contributed by atoms with van der Waals surface area (Å²) in [4.78, 5) is 16.1. The smallest absolute Gasteiger partial charge is 0.229 e. The van der Waals surface area contributed by atoms with Gasteiger partial charge in [-0.3, -0.25) is 4.79 Å². The number of carbonyl (C=O) groups excluding carboxylic acids is 1. The van der Waals surface area contributed by atoms with Crippen LogP contribution in [0.2, 0.25) is 10.3 Å². The van der Waals surface area contributed by atoms with Gasteiger partial charge in [0.1, 0.15) is 5.15 Å². The highest BCUT2D eigenvalue weighted by Crippen LogP contribution is 2.28. The number of aryl methyl sites for hydroxylation is 1. The monoisotopic (exact) mass is 287 g/mol. The van der Waals surface area contributed by atoms with Crippen molar-refractivity contribution in [1.29, 1.82) is 0 Å². The number of pyridine rings is 1. The second kappa shape index (κ2) is 5.43. The number of anilines is 1. The third kappa shape index (κ3) is 2.76. The lowest BCUT2D eigenvalue weighted by Crippen LogP contribution is -2.28. The molecule has 1 aromatic heterocycles. The van der Waals surface area contributed by atoms with Gasteiger partial charge >= 0.3 is 0 Å². The molecule has 1 amide bonds. The van der Waals surface area contributed by atoms with E-state index in [1.807, 2.05) is 6.92 Å². The van der Waals surface area contributed by atoms with Crippen LogP contribution in [0.4, 0.5) is 5.69 Å². The molecule has 18 heavy (non-hydrogen) atoms. The molecule has 0 unspecified atom stereocenters. The number of rotatable bonds is 2. The van der Waals surface area contributed by atoms with E-state index in [1.54, 1.807) is 6.07 Å². The number of hydrogen-bond donors (Lipinski definition) is 2. The summed E-state index contributed by atoms with van der Waals surface area (Å²) >= 11 is 11.8. The van der Waals surface area contributed by atoms with Crippen LogP contribution in [0, 0.1) is 18.8 Å². The van der Waals surface area contributed by atoms with Crippen molar-refractivity contribution in [2.24, 2.45) is 11.8 Å².